The van der Waals surface area contributed by atoms with Crippen molar-refractivity contribution in [3.05, 3.63) is 51.5 Å². The number of rotatable bonds is 7. The Morgan fingerprint density at radius 2 is 1.86 bits per heavy atom. The zero-order chi connectivity index (χ0) is 24.7. The van der Waals surface area contributed by atoms with Crippen LogP contribution in [0.1, 0.15) is 23.2 Å². The molecule has 5 rings (SSSR count). The first-order valence-corrected chi connectivity index (χ1v) is 11.3. The van der Waals surface area contributed by atoms with E-state index in [-0.39, 0.29) is 9.47 Å². The normalized spacial score (nSPS) is 14.5. The minimum atomic E-state index is -2.83. The van der Waals surface area contributed by atoms with Gasteiger partial charge in [-0.25, -0.2) is 13.8 Å². The van der Waals surface area contributed by atoms with Crippen molar-refractivity contribution in [3.63, 3.8) is 0 Å². The summed E-state index contributed by atoms with van der Waals surface area (Å²) >= 11 is 6.92. The van der Waals surface area contributed by atoms with E-state index < -0.39 is 12.1 Å². The smallest absolute Gasteiger partial charge is 0.282 e. The topological polar surface area (TPSA) is 89.9 Å². The van der Waals surface area contributed by atoms with Crippen LogP contribution in [0.15, 0.2) is 35.4 Å². The number of hydrazine groups is 2. The number of methoxy groups -OCH3 is 3. The van der Waals surface area contributed by atoms with Gasteiger partial charge in [-0.05, 0) is 6.07 Å². The quantitative estimate of drug-likeness (QED) is 0.441. The second-order valence-electron chi connectivity index (χ2n) is 7.17. The number of nitrogens with one attached hydrogen (secondary N) is 1. The van der Waals surface area contributed by atoms with Crippen molar-refractivity contribution in [2.24, 2.45) is 5.10 Å². The van der Waals surface area contributed by atoms with Crippen LogP contribution >= 0.6 is 22.9 Å². The Labute approximate surface area is 207 Å². The largest absolute Gasteiger partial charge is 0.493 e. The summed E-state index contributed by atoms with van der Waals surface area (Å²) in [4.78, 5) is 14.2. The molecule has 3 heterocycles. The number of thiazole rings is 1. The highest BCUT2D eigenvalue weighted by molar-refractivity contribution is 7.19. The fraction of sp³-hybridized carbons (Fsp3) is 0.238. The van der Waals surface area contributed by atoms with E-state index in [1.165, 1.54) is 31.6 Å². The van der Waals surface area contributed by atoms with Crippen LogP contribution in [0, 0.1) is 0 Å². The Kier molecular flexibility index (Phi) is 6.13. The van der Waals surface area contributed by atoms with Gasteiger partial charge >= 0.3 is 0 Å². The summed E-state index contributed by atoms with van der Waals surface area (Å²) in [6.07, 6.45) is -2.83. The number of alkyl halides is 2. The highest BCUT2D eigenvalue weighted by Crippen LogP contribution is 2.43. The maximum absolute atomic E-state index is 13.4. The summed E-state index contributed by atoms with van der Waals surface area (Å²) in [6.45, 7) is 0.341. The van der Waals surface area contributed by atoms with E-state index in [0.29, 0.717) is 46.7 Å². The summed E-state index contributed by atoms with van der Waals surface area (Å²) in [5.41, 5.74) is 4.58. The van der Waals surface area contributed by atoms with Crippen LogP contribution < -0.4 is 34.8 Å². The highest BCUT2D eigenvalue weighted by atomic mass is 35.5. The molecule has 2 aliphatic rings. The van der Waals surface area contributed by atoms with Crippen LogP contribution in [0.2, 0.25) is 4.34 Å². The number of ether oxygens (including phenoxy) is 3. The number of anilines is 2. The van der Waals surface area contributed by atoms with Gasteiger partial charge in [0.1, 0.15) is 16.6 Å². The standard InChI is InChI=1S/C21H18ClF2N5O5S/c1-30-14-7-12(8-15(31-2)17(14)32-3)28-26-20(10-4-5-11-9-33-34-13(11)6-10)27-29(28)21-25-16(19(23)24)18(22)35-21/h4-8,19H,9H2,1-3H3,(H,26,27). The van der Waals surface area contributed by atoms with Gasteiger partial charge in [0.25, 0.3) is 6.43 Å². The van der Waals surface area contributed by atoms with Crippen LogP contribution in [0.5, 0.6) is 23.0 Å². The van der Waals surface area contributed by atoms with Gasteiger partial charge in [-0.3, -0.25) is 5.43 Å². The highest BCUT2D eigenvalue weighted by Gasteiger charge is 2.33. The van der Waals surface area contributed by atoms with Gasteiger partial charge in [0, 0.05) is 23.3 Å². The molecule has 0 saturated heterocycles. The van der Waals surface area contributed by atoms with Gasteiger partial charge in [0.15, 0.2) is 23.1 Å². The Hall–Kier alpha value is -3.55. The average Bonchev–Trinajstić information content (AvgIpc) is 3.60. The minimum absolute atomic E-state index is 0.127. The van der Waals surface area contributed by atoms with E-state index >= 15 is 0 Å². The molecule has 0 saturated carbocycles. The molecule has 2 aromatic carbocycles. The number of aromatic nitrogens is 1. The van der Waals surface area contributed by atoms with E-state index in [1.807, 2.05) is 12.1 Å². The lowest BCUT2D eigenvalue weighted by molar-refractivity contribution is -0.194. The molecule has 1 N–H and O–H groups in total. The molecule has 0 unspecified atom stereocenters. The summed E-state index contributed by atoms with van der Waals surface area (Å²) in [5, 5.41) is 7.61. The summed E-state index contributed by atoms with van der Waals surface area (Å²) in [7, 11) is 4.46. The first-order valence-electron chi connectivity index (χ1n) is 10.1. The predicted molar refractivity (Wildman–Crippen MR) is 125 cm³/mol. The zero-order valence-corrected chi connectivity index (χ0v) is 20.1. The molecule has 2 aliphatic heterocycles. The SMILES string of the molecule is COc1cc(N2N=C(c3ccc4c(c3)OOC4)NN2c2nc(C(F)F)c(Cl)s2)cc(OC)c1OC. The lowest BCUT2D eigenvalue weighted by Gasteiger charge is -2.26. The molecule has 3 aromatic rings. The molecule has 0 aliphatic carbocycles. The molecule has 0 radical (unpaired) electrons. The van der Waals surface area contributed by atoms with Gasteiger partial charge in [-0.15, -0.1) is 15.3 Å². The first kappa shape index (κ1) is 23.2. The van der Waals surface area contributed by atoms with Crippen LogP contribution in [-0.4, -0.2) is 32.1 Å². The van der Waals surface area contributed by atoms with Crippen molar-refractivity contribution in [3.8, 4) is 23.0 Å². The number of benzene rings is 2. The third-order valence-electron chi connectivity index (χ3n) is 5.17. The van der Waals surface area contributed by atoms with Crippen molar-refractivity contribution in [2.75, 3.05) is 31.6 Å². The molecule has 0 bridgehead atoms. The van der Waals surface area contributed by atoms with Crippen molar-refractivity contribution < 1.29 is 32.8 Å². The van der Waals surface area contributed by atoms with Crippen LogP contribution in [-0.2, 0) is 11.5 Å². The van der Waals surface area contributed by atoms with E-state index in [9.17, 15) is 8.78 Å². The van der Waals surface area contributed by atoms with Crippen molar-refractivity contribution >= 4 is 39.6 Å². The fourth-order valence-electron chi connectivity index (χ4n) is 3.50. The lowest BCUT2D eigenvalue weighted by Crippen LogP contribution is -2.44. The Bertz CT molecular complexity index is 1280. The van der Waals surface area contributed by atoms with E-state index in [0.717, 1.165) is 16.9 Å². The molecule has 14 heteroatoms. The molecule has 10 nitrogen and oxygen atoms in total. The molecular formula is C21H18ClF2N5O5S. The number of amidine groups is 1. The van der Waals surface area contributed by atoms with Gasteiger partial charge in [0.05, 0.1) is 27.0 Å². The second-order valence-corrected chi connectivity index (χ2v) is 8.75. The predicted octanol–water partition coefficient (Wildman–Crippen LogP) is 4.69. The number of halogens is 3. The monoisotopic (exact) mass is 525 g/mol. The van der Waals surface area contributed by atoms with E-state index in [4.69, 9.17) is 35.6 Å². The molecule has 0 fully saturated rings. The number of nitrogens with zero attached hydrogens (tertiary/aromatic N) is 4. The summed E-state index contributed by atoms with van der Waals surface area (Å²) < 4.78 is 43.0. The average molecular weight is 526 g/mol. The van der Waals surface area contributed by atoms with Crippen LogP contribution in [0.25, 0.3) is 0 Å². The Morgan fingerprint density at radius 1 is 1.11 bits per heavy atom. The van der Waals surface area contributed by atoms with E-state index in [1.54, 1.807) is 18.2 Å². The zero-order valence-electron chi connectivity index (χ0n) is 18.5. The van der Waals surface area contributed by atoms with E-state index in [2.05, 4.69) is 15.5 Å². The molecule has 184 valence electrons. The third kappa shape index (κ3) is 4.11. The number of hydrogen-bond acceptors (Lipinski definition) is 11. The maximum Gasteiger partial charge on any atom is 0.282 e. The molecule has 0 spiro atoms. The fourth-order valence-corrected chi connectivity index (χ4v) is 4.58. The summed E-state index contributed by atoms with van der Waals surface area (Å²) in [5.74, 6) is 2.08. The van der Waals surface area contributed by atoms with Crippen LogP contribution in [0.3, 0.4) is 0 Å². The molecule has 0 atom stereocenters. The van der Waals surface area contributed by atoms with Gasteiger partial charge in [-0.2, -0.15) is 4.89 Å². The summed E-state index contributed by atoms with van der Waals surface area (Å²) in [6, 6.07) is 8.75. The second kappa shape index (κ2) is 9.24. The first-order chi connectivity index (χ1) is 16.9. The van der Waals surface area contributed by atoms with Gasteiger partial charge < -0.3 is 19.1 Å². The number of fused-ring (bicyclic) bond motifs is 1. The Balaban J connectivity index is 1.61. The van der Waals surface area contributed by atoms with Crippen molar-refractivity contribution in [1.82, 2.24) is 10.4 Å². The lowest BCUT2D eigenvalue weighted by atomic mass is 10.1. The maximum atomic E-state index is 13.4. The van der Waals surface area contributed by atoms with Crippen molar-refractivity contribution in [1.29, 1.82) is 0 Å². The minimum Gasteiger partial charge on any atom is -0.493 e. The van der Waals surface area contributed by atoms with Crippen LogP contribution in [0.4, 0.5) is 19.6 Å². The van der Waals surface area contributed by atoms with Crippen molar-refractivity contribution in [2.45, 2.75) is 13.0 Å². The van der Waals surface area contributed by atoms with Gasteiger partial charge in [-0.1, -0.05) is 35.1 Å². The number of hydrogen-bond donors (Lipinski definition) is 1. The molecule has 0 amide bonds. The van der Waals surface area contributed by atoms with Gasteiger partial charge in [0.2, 0.25) is 10.9 Å². The molecule has 35 heavy (non-hydrogen) atoms. The number of hydrazone groups is 1. The molecule has 1 aromatic heterocycles. The third-order valence-corrected chi connectivity index (χ3v) is 6.43. The Morgan fingerprint density at radius 3 is 2.49 bits per heavy atom. The molecular weight excluding hydrogens is 508 g/mol.